The van der Waals surface area contributed by atoms with Gasteiger partial charge in [0.15, 0.2) is 5.11 Å². The van der Waals surface area contributed by atoms with Crippen molar-refractivity contribution < 1.29 is 4.74 Å². The monoisotopic (exact) mass is 454 g/mol. The Morgan fingerprint density at radius 3 is 2.33 bits per heavy atom. The average molecular weight is 455 g/mol. The highest BCUT2D eigenvalue weighted by molar-refractivity contribution is 7.80. The van der Waals surface area contributed by atoms with Crippen molar-refractivity contribution in [2.75, 3.05) is 12.0 Å². The molecular formula is C27H26N4OS. The van der Waals surface area contributed by atoms with E-state index < -0.39 is 0 Å². The number of methoxy groups -OCH3 is 1. The lowest BCUT2D eigenvalue weighted by Gasteiger charge is -2.29. The minimum absolute atomic E-state index is 0.0781. The summed E-state index contributed by atoms with van der Waals surface area (Å²) in [6.07, 6.45) is 3.92. The fourth-order valence-electron chi connectivity index (χ4n) is 4.64. The van der Waals surface area contributed by atoms with E-state index in [1.54, 1.807) is 7.11 Å². The minimum Gasteiger partial charge on any atom is -0.497 e. The van der Waals surface area contributed by atoms with E-state index in [1.165, 1.54) is 11.1 Å². The van der Waals surface area contributed by atoms with Crippen LogP contribution in [0, 0.1) is 13.8 Å². The number of nitrogens with one attached hydrogen (secondary N) is 1. The number of rotatable bonds is 5. The van der Waals surface area contributed by atoms with Gasteiger partial charge in [-0.05, 0) is 97.9 Å². The predicted octanol–water partition coefficient (Wildman–Crippen LogP) is 5.67. The van der Waals surface area contributed by atoms with E-state index in [1.807, 2.05) is 30.5 Å². The molecule has 166 valence electrons. The second-order valence-corrected chi connectivity index (χ2v) is 8.73. The van der Waals surface area contributed by atoms with Gasteiger partial charge in [-0.15, -0.1) is 0 Å². The molecule has 2 aromatic heterocycles. The van der Waals surface area contributed by atoms with Crippen LogP contribution < -0.4 is 15.0 Å². The van der Waals surface area contributed by atoms with Crippen LogP contribution >= 0.6 is 12.2 Å². The fourth-order valence-corrected chi connectivity index (χ4v) is 4.98. The van der Waals surface area contributed by atoms with Gasteiger partial charge in [-0.1, -0.05) is 12.1 Å². The van der Waals surface area contributed by atoms with Crippen LogP contribution in [0.5, 0.6) is 5.75 Å². The normalized spacial score (nSPS) is 17.8. The molecule has 0 bridgehead atoms. The molecule has 2 aromatic carbocycles. The summed E-state index contributed by atoms with van der Waals surface area (Å²) in [7, 11) is 1.68. The maximum absolute atomic E-state index is 5.89. The lowest BCUT2D eigenvalue weighted by molar-refractivity contribution is 0.414. The van der Waals surface area contributed by atoms with Crippen molar-refractivity contribution >= 4 is 23.0 Å². The fraction of sp³-hybridized carbons (Fsp3) is 0.185. The van der Waals surface area contributed by atoms with E-state index >= 15 is 0 Å². The van der Waals surface area contributed by atoms with Crippen molar-refractivity contribution in [3.63, 3.8) is 0 Å². The molecular weight excluding hydrogens is 428 g/mol. The lowest BCUT2D eigenvalue weighted by Crippen LogP contribution is -2.30. The Hall–Kier alpha value is -3.64. The van der Waals surface area contributed by atoms with Crippen LogP contribution in [0.2, 0.25) is 0 Å². The Morgan fingerprint density at radius 2 is 1.67 bits per heavy atom. The second-order valence-electron chi connectivity index (χ2n) is 8.34. The topological polar surface area (TPSA) is 42.3 Å². The molecule has 1 saturated heterocycles. The van der Waals surface area contributed by atoms with Crippen molar-refractivity contribution in [2.45, 2.75) is 25.9 Å². The molecule has 33 heavy (non-hydrogen) atoms. The highest BCUT2D eigenvalue weighted by Gasteiger charge is 2.42. The Morgan fingerprint density at radius 1 is 0.909 bits per heavy atom. The molecule has 2 unspecified atom stereocenters. The standard InChI is InChI=1S/C27H26N4OS/c1-18-15-19(2)17-21(16-18)31-26(25(29-27(31)33)23-7-4-5-13-28-23)24-8-6-14-30(24)20-9-11-22(32-3)12-10-20/h4-17,25-26H,1-3H3,(H,29,33). The first-order chi connectivity index (χ1) is 16.0. The van der Waals surface area contributed by atoms with Gasteiger partial charge in [-0.25, -0.2) is 0 Å². The quantitative estimate of drug-likeness (QED) is 0.393. The lowest BCUT2D eigenvalue weighted by atomic mass is 10.00. The van der Waals surface area contributed by atoms with Gasteiger partial charge in [0, 0.05) is 29.5 Å². The average Bonchev–Trinajstić information content (AvgIpc) is 3.43. The Kier molecular flexibility index (Phi) is 5.60. The molecule has 6 heteroatoms. The SMILES string of the molecule is COc1ccc(-n2cccc2C2C(c3ccccn3)NC(=S)N2c2cc(C)cc(C)c2)cc1. The zero-order chi connectivity index (χ0) is 22.9. The van der Waals surface area contributed by atoms with Gasteiger partial charge in [-0.3, -0.25) is 4.98 Å². The first kappa shape index (κ1) is 21.2. The van der Waals surface area contributed by atoms with Gasteiger partial charge in [0.2, 0.25) is 0 Å². The highest BCUT2D eigenvalue weighted by Crippen LogP contribution is 2.42. The third kappa shape index (κ3) is 3.98. The predicted molar refractivity (Wildman–Crippen MR) is 136 cm³/mol. The number of ether oxygens (including phenoxy) is 1. The van der Waals surface area contributed by atoms with Crippen molar-refractivity contribution in [3.05, 3.63) is 108 Å². The van der Waals surface area contributed by atoms with Crippen molar-refractivity contribution in [1.29, 1.82) is 0 Å². The first-order valence-electron chi connectivity index (χ1n) is 11.0. The summed E-state index contributed by atoms with van der Waals surface area (Å²) in [6, 6.07) is 24.7. The maximum atomic E-state index is 5.89. The van der Waals surface area contributed by atoms with Crippen molar-refractivity contribution in [1.82, 2.24) is 14.9 Å². The van der Waals surface area contributed by atoms with E-state index in [4.69, 9.17) is 17.0 Å². The smallest absolute Gasteiger partial charge is 0.174 e. The molecule has 1 aliphatic rings. The molecule has 1 N–H and O–H groups in total. The van der Waals surface area contributed by atoms with E-state index in [-0.39, 0.29) is 12.1 Å². The van der Waals surface area contributed by atoms with E-state index in [0.29, 0.717) is 5.11 Å². The summed E-state index contributed by atoms with van der Waals surface area (Å²) in [5.41, 5.74) is 6.64. The van der Waals surface area contributed by atoms with Crippen LogP contribution in [-0.2, 0) is 0 Å². The number of thiocarbonyl (C=S) groups is 1. The molecule has 0 saturated carbocycles. The number of hydrogen-bond donors (Lipinski definition) is 1. The molecule has 0 aliphatic carbocycles. The summed E-state index contributed by atoms with van der Waals surface area (Å²) in [5.74, 6) is 0.833. The van der Waals surface area contributed by atoms with Gasteiger partial charge in [-0.2, -0.15) is 0 Å². The summed E-state index contributed by atoms with van der Waals surface area (Å²) in [4.78, 5) is 6.90. The van der Waals surface area contributed by atoms with Crippen LogP contribution in [0.1, 0.15) is 34.6 Å². The number of benzene rings is 2. The zero-order valence-electron chi connectivity index (χ0n) is 18.9. The molecule has 5 nitrogen and oxygen atoms in total. The Labute approximate surface area is 199 Å². The van der Waals surface area contributed by atoms with E-state index in [9.17, 15) is 0 Å². The van der Waals surface area contributed by atoms with Crippen molar-refractivity contribution in [2.24, 2.45) is 0 Å². The molecule has 0 radical (unpaired) electrons. The van der Waals surface area contributed by atoms with Crippen LogP contribution in [0.3, 0.4) is 0 Å². The first-order valence-corrected chi connectivity index (χ1v) is 11.4. The van der Waals surface area contributed by atoms with E-state index in [2.05, 4.69) is 88.3 Å². The molecule has 4 aromatic rings. The van der Waals surface area contributed by atoms with Gasteiger partial charge >= 0.3 is 0 Å². The van der Waals surface area contributed by atoms with Crippen LogP contribution in [-0.4, -0.2) is 21.8 Å². The maximum Gasteiger partial charge on any atom is 0.174 e. The van der Waals surface area contributed by atoms with Crippen molar-refractivity contribution in [3.8, 4) is 11.4 Å². The third-order valence-electron chi connectivity index (χ3n) is 6.02. The van der Waals surface area contributed by atoms with E-state index in [0.717, 1.165) is 28.5 Å². The second kappa shape index (κ2) is 8.71. The summed E-state index contributed by atoms with van der Waals surface area (Å²) in [6.45, 7) is 4.24. The molecule has 0 amide bonds. The Balaban J connectivity index is 1.66. The number of aryl methyl sites for hydroxylation is 2. The molecule has 3 heterocycles. The number of pyridine rings is 1. The number of anilines is 1. The van der Waals surface area contributed by atoms with Crippen LogP contribution in [0.25, 0.3) is 5.69 Å². The molecule has 0 spiro atoms. The third-order valence-corrected chi connectivity index (χ3v) is 6.33. The number of aromatic nitrogens is 2. The van der Waals surface area contributed by atoms with Gasteiger partial charge in [0.1, 0.15) is 11.8 Å². The molecule has 5 rings (SSSR count). The highest BCUT2D eigenvalue weighted by atomic mass is 32.1. The van der Waals surface area contributed by atoms with Gasteiger partial charge in [0.05, 0.1) is 18.8 Å². The number of nitrogens with zero attached hydrogens (tertiary/aromatic N) is 3. The zero-order valence-corrected chi connectivity index (χ0v) is 19.7. The molecule has 1 aliphatic heterocycles. The number of hydrogen-bond acceptors (Lipinski definition) is 3. The molecule has 2 atom stereocenters. The van der Waals surface area contributed by atoms with Gasteiger partial charge in [0.25, 0.3) is 0 Å². The minimum atomic E-state index is -0.0913. The Bertz CT molecular complexity index is 1260. The summed E-state index contributed by atoms with van der Waals surface area (Å²) in [5, 5.41) is 4.25. The van der Waals surface area contributed by atoms with Crippen LogP contribution in [0.15, 0.2) is 85.2 Å². The summed E-state index contributed by atoms with van der Waals surface area (Å²) < 4.78 is 7.56. The van der Waals surface area contributed by atoms with Crippen LogP contribution in [0.4, 0.5) is 5.69 Å². The van der Waals surface area contributed by atoms with Gasteiger partial charge < -0.3 is 19.5 Å². The molecule has 1 fully saturated rings. The largest absolute Gasteiger partial charge is 0.497 e. The summed E-state index contributed by atoms with van der Waals surface area (Å²) >= 11 is 5.89.